The van der Waals surface area contributed by atoms with Gasteiger partial charge in [0.25, 0.3) is 0 Å². The van der Waals surface area contributed by atoms with E-state index in [2.05, 4.69) is 22.9 Å². The van der Waals surface area contributed by atoms with E-state index in [0.717, 1.165) is 24.0 Å². The predicted octanol–water partition coefficient (Wildman–Crippen LogP) is 3.67. The largest absolute Gasteiger partial charge is 0.342 e. The number of piperidine rings is 1. The van der Waals surface area contributed by atoms with Crippen LogP contribution in [0.25, 0.3) is 0 Å². The monoisotopic (exact) mass is 337 g/mol. The Hall–Kier alpha value is -1.16. The summed E-state index contributed by atoms with van der Waals surface area (Å²) in [5, 5.41) is 0. The summed E-state index contributed by atoms with van der Waals surface area (Å²) in [5.41, 5.74) is 0.674. The van der Waals surface area contributed by atoms with Crippen LogP contribution in [0.1, 0.15) is 43.0 Å². The van der Waals surface area contributed by atoms with Crippen molar-refractivity contribution in [2.45, 2.75) is 32.6 Å². The Labute approximate surface area is 128 Å². The van der Waals surface area contributed by atoms with Gasteiger partial charge in [-0.25, -0.2) is 0 Å². The predicted molar refractivity (Wildman–Crippen MR) is 82.7 cm³/mol. The molecule has 0 aromatic heterocycles. The van der Waals surface area contributed by atoms with Gasteiger partial charge in [0.1, 0.15) is 0 Å². The molecular formula is C16H20BrNO2. The second-order valence-electron chi connectivity index (χ2n) is 5.52. The lowest BCUT2D eigenvalue weighted by Crippen LogP contribution is -2.39. The van der Waals surface area contributed by atoms with E-state index < -0.39 is 0 Å². The maximum absolute atomic E-state index is 12.1. The average Bonchev–Trinajstić information content (AvgIpc) is 2.45. The van der Waals surface area contributed by atoms with Gasteiger partial charge in [-0.15, -0.1) is 0 Å². The number of rotatable bonds is 4. The normalized spacial score (nSPS) is 18.9. The molecule has 0 saturated carbocycles. The molecule has 1 amide bonds. The van der Waals surface area contributed by atoms with Crippen LogP contribution in [-0.2, 0) is 4.79 Å². The summed E-state index contributed by atoms with van der Waals surface area (Å²) >= 11 is 3.34. The third kappa shape index (κ3) is 4.17. The SMILES string of the molecule is CC1CCCN(C(=O)CCC(=O)c2ccc(Br)cc2)C1. The van der Waals surface area contributed by atoms with Gasteiger partial charge in [-0.05, 0) is 30.9 Å². The van der Waals surface area contributed by atoms with Gasteiger partial charge < -0.3 is 4.90 Å². The van der Waals surface area contributed by atoms with Gasteiger partial charge in [0.15, 0.2) is 5.78 Å². The third-order valence-corrected chi connectivity index (χ3v) is 4.27. The zero-order chi connectivity index (χ0) is 14.5. The lowest BCUT2D eigenvalue weighted by atomic mass is 9.99. The molecule has 1 aromatic rings. The first kappa shape index (κ1) is 15.2. The Bertz CT molecular complexity index is 484. The molecule has 0 spiro atoms. The van der Waals surface area contributed by atoms with E-state index in [1.165, 1.54) is 6.42 Å². The average molecular weight is 338 g/mol. The number of amides is 1. The molecule has 0 N–H and O–H groups in total. The summed E-state index contributed by atoms with van der Waals surface area (Å²) in [5.74, 6) is 0.729. The van der Waals surface area contributed by atoms with Crippen molar-refractivity contribution in [3.8, 4) is 0 Å². The number of hydrogen-bond acceptors (Lipinski definition) is 2. The maximum Gasteiger partial charge on any atom is 0.223 e. The van der Waals surface area contributed by atoms with Crippen LogP contribution in [0.15, 0.2) is 28.7 Å². The fourth-order valence-corrected chi connectivity index (χ4v) is 2.84. The Morgan fingerprint density at radius 3 is 2.60 bits per heavy atom. The molecule has 1 aromatic carbocycles. The van der Waals surface area contributed by atoms with Crippen LogP contribution in [0, 0.1) is 5.92 Å². The Morgan fingerprint density at radius 2 is 1.95 bits per heavy atom. The van der Waals surface area contributed by atoms with Crippen LogP contribution in [0.2, 0.25) is 0 Å². The second kappa shape index (κ2) is 7.02. The van der Waals surface area contributed by atoms with Crippen molar-refractivity contribution in [1.82, 2.24) is 4.90 Å². The van der Waals surface area contributed by atoms with E-state index in [4.69, 9.17) is 0 Å². The van der Waals surface area contributed by atoms with Crippen molar-refractivity contribution < 1.29 is 9.59 Å². The molecule has 2 rings (SSSR count). The van der Waals surface area contributed by atoms with Crippen molar-refractivity contribution in [2.75, 3.05) is 13.1 Å². The van der Waals surface area contributed by atoms with Gasteiger partial charge in [0, 0.05) is 36.0 Å². The minimum atomic E-state index is 0.0379. The number of likely N-dealkylation sites (tertiary alicyclic amines) is 1. The fraction of sp³-hybridized carbons (Fsp3) is 0.500. The highest BCUT2D eigenvalue weighted by Gasteiger charge is 2.21. The van der Waals surface area contributed by atoms with Gasteiger partial charge in [0.05, 0.1) is 0 Å². The molecule has 1 aliphatic heterocycles. The molecule has 0 aliphatic carbocycles. The number of Topliss-reactive ketones (excluding diaryl/α,β-unsaturated/α-hetero) is 1. The number of benzene rings is 1. The number of carbonyl (C=O) groups is 2. The standard InChI is InChI=1S/C16H20BrNO2/c1-12-3-2-10-18(11-12)16(20)9-8-15(19)13-4-6-14(17)7-5-13/h4-7,12H,2-3,8-11H2,1H3. The molecule has 1 heterocycles. The van der Waals surface area contributed by atoms with Gasteiger partial charge in [-0.1, -0.05) is 35.0 Å². The summed E-state index contributed by atoms with van der Waals surface area (Å²) in [6.07, 6.45) is 2.89. The molecule has 3 nitrogen and oxygen atoms in total. The number of halogens is 1. The van der Waals surface area contributed by atoms with E-state index in [-0.39, 0.29) is 11.7 Å². The molecular weight excluding hydrogens is 318 g/mol. The van der Waals surface area contributed by atoms with Crippen molar-refractivity contribution in [3.05, 3.63) is 34.3 Å². The Balaban J connectivity index is 1.83. The van der Waals surface area contributed by atoms with Gasteiger partial charge in [0.2, 0.25) is 5.91 Å². The highest BCUT2D eigenvalue weighted by molar-refractivity contribution is 9.10. The molecule has 0 bridgehead atoms. The summed E-state index contributed by atoms with van der Waals surface area (Å²) < 4.78 is 0.951. The molecule has 108 valence electrons. The van der Waals surface area contributed by atoms with E-state index in [9.17, 15) is 9.59 Å². The summed E-state index contributed by atoms with van der Waals surface area (Å²) in [7, 11) is 0. The van der Waals surface area contributed by atoms with Crippen LogP contribution >= 0.6 is 15.9 Å². The first-order valence-electron chi connectivity index (χ1n) is 7.13. The van der Waals surface area contributed by atoms with Crippen LogP contribution in [0.5, 0.6) is 0 Å². The highest BCUT2D eigenvalue weighted by atomic mass is 79.9. The first-order valence-corrected chi connectivity index (χ1v) is 7.92. The van der Waals surface area contributed by atoms with Crippen molar-refractivity contribution in [1.29, 1.82) is 0 Å². The molecule has 4 heteroatoms. The fourth-order valence-electron chi connectivity index (χ4n) is 2.57. The van der Waals surface area contributed by atoms with Crippen LogP contribution in [0.4, 0.5) is 0 Å². The number of nitrogens with zero attached hydrogens (tertiary/aromatic N) is 1. The smallest absolute Gasteiger partial charge is 0.223 e. The molecule has 1 saturated heterocycles. The molecule has 1 aliphatic rings. The van der Waals surface area contributed by atoms with Gasteiger partial charge in [-0.3, -0.25) is 9.59 Å². The zero-order valence-corrected chi connectivity index (χ0v) is 13.4. The van der Waals surface area contributed by atoms with E-state index in [0.29, 0.717) is 24.3 Å². The minimum absolute atomic E-state index is 0.0379. The highest BCUT2D eigenvalue weighted by Crippen LogP contribution is 2.17. The summed E-state index contributed by atoms with van der Waals surface area (Å²) in [6.45, 7) is 3.85. The topological polar surface area (TPSA) is 37.4 Å². The quantitative estimate of drug-likeness (QED) is 0.786. The zero-order valence-electron chi connectivity index (χ0n) is 11.8. The molecule has 20 heavy (non-hydrogen) atoms. The van der Waals surface area contributed by atoms with E-state index in [1.54, 1.807) is 12.1 Å². The van der Waals surface area contributed by atoms with Crippen molar-refractivity contribution in [2.24, 2.45) is 5.92 Å². The Kier molecular flexibility index (Phi) is 5.35. The molecule has 1 fully saturated rings. The van der Waals surface area contributed by atoms with Gasteiger partial charge >= 0.3 is 0 Å². The van der Waals surface area contributed by atoms with Crippen molar-refractivity contribution in [3.63, 3.8) is 0 Å². The van der Waals surface area contributed by atoms with Crippen LogP contribution < -0.4 is 0 Å². The summed E-state index contributed by atoms with van der Waals surface area (Å²) in [4.78, 5) is 26.0. The summed E-state index contributed by atoms with van der Waals surface area (Å²) in [6, 6.07) is 7.28. The maximum atomic E-state index is 12.1. The second-order valence-corrected chi connectivity index (χ2v) is 6.43. The number of hydrogen-bond donors (Lipinski definition) is 0. The van der Waals surface area contributed by atoms with Gasteiger partial charge in [-0.2, -0.15) is 0 Å². The lowest BCUT2D eigenvalue weighted by Gasteiger charge is -2.31. The van der Waals surface area contributed by atoms with Crippen molar-refractivity contribution >= 4 is 27.6 Å². The number of carbonyl (C=O) groups excluding carboxylic acids is 2. The van der Waals surface area contributed by atoms with Crippen LogP contribution in [-0.4, -0.2) is 29.7 Å². The molecule has 1 atom stereocenters. The lowest BCUT2D eigenvalue weighted by molar-refractivity contribution is -0.132. The third-order valence-electron chi connectivity index (χ3n) is 3.74. The minimum Gasteiger partial charge on any atom is -0.342 e. The van der Waals surface area contributed by atoms with E-state index in [1.807, 2.05) is 17.0 Å². The number of ketones is 1. The van der Waals surface area contributed by atoms with E-state index >= 15 is 0 Å². The molecule has 1 unspecified atom stereocenters. The first-order chi connectivity index (χ1) is 9.56. The van der Waals surface area contributed by atoms with Crippen LogP contribution in [0.3, 0.4) is 0 Å². The molecule has 0 radical (unpaired) electrons. The Morgan fingerprint density at radius 1 is 1.25 bits per heavy atom.